The monoisotopic (exact) mass is 206 g/mol. The molecule has 1 aliphatic heterocycles. The molecule has 0 aromatic heterocycles. The summed E-state index contributed by atoms with van der Waals surface area (Å²) in [5, 5.41) is 0. The Hall–Kier alpha value is -0.280. The molecule has 0 aromatic carbocycles. The van der Waals surface area contributed by atoms with Crippen molar-refractivity contribution in [1.82, 2.24) is 4.90 Å². The number of likely N-dealkylation sites (tertiary alicyclic amines) is 1. The van der Waals surface area contributed by atoms with Crippen molar-refractivity contribution in [1.29, 1.82) is 0 Å². The maximum Gasteiger partial charge on any atom is 0.239 e. The molecule has 3 nitrogen and oxygen atoms in total. The predicted molar refractivity (Wildman–Crippen MR) is 55.9 cm³/mol. The summed E-state index contributed by atoms with van der Waals surface area (Å²) >= 11 is 0. The molecule has 13 heavy (non-hydrogen) atoms. The Labute approximate surface area is 86.1 Å². The van der Waals surface area contributed by atoms with Crippen LogP contribution in [-0.4, -0.2) is 29.9 Å². The number of amides is 1. The highest BCUT2D eigenvalue weighted by Gasteiger charge is 2.22. The Kier molecular flexibility index (Phi) is 5.33. The number of carbonyl (C=O) groups is 1. The average Bonchev–Trinajstić information content (AvgIpc) is 2.03. The van der Waals surface area contributed by atoms with Gasteiger partial charge in [0.05, 0.1) is 6.04 Å². The van der Waals surface area contributed by atoms with E-state index in [9.17, 15) is 4.79 Å². The van der Waals surface area contributed by atoms with Crippen molar-refractivity contribution >= 4 is 18.3 Å². The fraction of sp³-hybridized carbons (Fsp3) is 0.889. The second-order valence-corrected chi connectivity index (χ2v) is 3.82. The number of carbonyl (C=O) groups excluding carboxylic acids is 1. The first kappa shape index (κ1) is 12.7. The van der Waals surface area contributed by atoms with E-state index < -0.39 is 0 Å². The van der Waals surface area contributed by atoms with Crippen LogP contribution in [-0.2, 0) is 4.79 Å². The van der Waals surface area contributed by atoms with Crippen LogP contribution in [0.4, 0.5) is 0 Å². The van der Waals surface area contributed by atoms with Gasteiger partial charge >= 0.3 is 0 Å². The second-order valence-electron chi connectivity index (χ2n) is 3.82. The molecule has 1 aliphatic rings. The molecule has 2 N–H and O–H groups in total. The third-order valence-electron chi connectivity index (χ3n) is 2.36. The van der Waals surface area contributed by atoms with Gasteiger partial charge in [-0.2, -0.15) is 0 Å². The maximum atomic E-state index is 11.4. The van der Waals surface area contributed by atoms with E-state index >= 15 is 0 Å². The number of hydrogen-bond donors (Lipinski definition) is 1. The molecule has 1 fully saturated rings. The van der Waals surface area contributed by atoms with Gasteiger partial charge < -0.3 is 10.6 Å². The van der Waals surface area contributed by atoms with E-state index in [4.69, 9.17) is 5.73 Å². The molecule has 0 bridgehead atoms. The van der Waals surface area contributed by atoms with Crippen molar-refractivity contribution in [2.75, 3.05) is 13.1 Å². The molecule has 0 aromatic rings. The van der Waals surface area contributed by atoms with Gasteiger partial charge in [-0.1, -0.05) is 6.92 Å². The van der Waals surface area contributed by atoms with Gasteiger partial charge in [-0.25, -0.2) is 0 Å². The Bertz CT molecular complexity index is 173. The lowest BCUT2D eigenvalue weighted by Crippen LogP contribution is -2.46. The minimum Gasteiger partial charge on any atom is -0.341 e. The van der Waals surface area contributed by atoms with Crippen LogP contribution in [0.15, 0.2) is 0 Å². The minimum atomic E-state index is -0.338. The third-order valence-corrected chi connectivity index (χ3v) is 2.36. The van der Waals surface area contributed by atoms with Crippen LogP contribution in [0.3, 0.4) is 0 Å². The maximum absolute atomic E-state index is 11.4. The van der Waals surface area contributed by atoms with Crippen LogP contribution in [0.2, 0.25) is 0 Å². The summed E-state index contributed by atoms with van der Waals surface area (Å²) in [4.78, 5) is 13.3. The van der Waals surface area contributed by atoms with Crippen LogP contribution in [0.5, 0.6) is 0 Å². The van der Waals surface area contributed by atoms with Crippen LogP contribution in [0.25, 0.3) is 0 Å². The SMILES string of the molecule is CC1CCCN(C(=O)C(C)N)C1.Cl. The molecule has 78 valence electrons. The van der Waals surface area contributed by atoms with Gasteiger partial charge in [0.15, 0.2) is 0 Å². The van der Waals surface area contributed by atoms with Crippen LogP contribution < -0.4 is 5.73 Å². The molecule has 0 radical (unpaired) electrons. The zero-order valence-corrected chi connectivity index (χ0v) is 9.14. The lowest BCUT2D eigenvalue weighted by molar-refractivity contribution is -0.133. The number of nitrogens with zero attached hydrogens (tertiary/aromatic N) is 1. The first-order valence-corrected chi connectivity index (χ1v) is 4.65. The summed E-state index contributed by atoms with van der Waals surface area (Å²) < 4.78 is 0. The van der Waals surface area contributed by atoms with E-state index in [0.717, 1.165) is 19.5 Å². The topological polar surface area (TPSA) is 46.3 Å². The normalized spacial score (nSPS) is 24.8. The number of halogens is 1. The zero-order valence-electron chi connectivity index (χ0n) is 8.32. The van der Waals surface area contributed by atoms with Crippen molar-refractivity contribution in [3.63, 3.8) is 0 Å². The third kappa shape index (κ3) is 3.53. The van der Waals surface area contributed by atoms with Gasteiger partial charge in [0, 0.05) is 13.1 Å². The van der Waals surface area contributed by atoms with Crippen molar-refractivity contribution in [3.05, 3.63) is 0 Å². The van der Waals surface area contributed by atoms with Gasteiger partial charge in [0.1, 0.15) is 0 Å². The molecular weight excluding hydrogens is 188 g/mol. The molecule has 1 amide bonds. The van der Waals surface area contributed by atoms with Crippen molar-refractivity contribution in [2.45, 2.75) is 32.7 Å². The Morgan fingerprint density at radius 2 is 2.23 bits per heavy atom. The Morgan fingerprint density at radius 3 is 2.69 bits per heavy atom. The molecule has 0 spiro atoms. The van der Waals surface area contributed by atoms with Crippen molar-refractivity contribution in [3.8, 4) is 0 Å². The highest BCUT2D eigenvalue weighted by atomic mass is 35.5. The van der Waals surface area contributed by atoms with E-state index in [1.54, 1.807) is 6.92 Å². The quantitative estimate of drug-likeness (QED) is 0.696. The summed E-state index contributed by atoms with van der Waals surface area (Å²) in [5.74, 6) is 0.739. The van der Waals surface area contributed by atoms with Gasteiger partial charge in [-0.3, -0.25) is 4.79 Å². The van der Waals surface area contributed by atoms with E-state index in [2.05, 4.69) is 6.92 Å². The number of nitrogens with two attached hydrogens (primary N) is 1. The minimum absolute atomic E-state index is 0. The molecule has 1 heterocycles. The fourth-order valence-corrected chi connectivity index (χ4v) is 1.68. The van der Waals surface area contributed by atoms with Gasteiger partial charge in [-0.05, 0) is 25.7 Å². The first-order valence-electron chi connectivity index (χ1n) is 4.65. The molecule has 4 heteroatoms. The number of rotatable bonds is 1. The van der Waals surface area contributed by atoms with E-state index in [1.165, 1.54) is 6.42 Å². The van der Waals surface area contributed by atoms with Crippen molar-refractivity contribution < 1.29 is 4.79 Å². The zero-order chi connectivity index (χ0) is 9.14. The predicted octanol–water partition coefficient (Wildman–Crippen LogP) is 1.01. The summed E-state index contributed by atoms with van der Waals surface area (Å²) in [7, 11) is 0. The largest absolute Gasteiger partial charge is 0.341 e. The van der Waals surface area contributed by atoms with Gasteiger partial charge in [-0.15, -0.1) is 12.4 Å². The summed E-state index contributed by atoms with van der Waals surface area (Å²) in [6, 6.07) is -0.338. The summed E-state index contributed by atoms with van der Waals surface area (Å²) in [6.07, 6.45) is 2.36. The lowest BCUT2D eigenvalue weighted by atomic mass is 10.00. The van der Waals surface area contributed by atoms with E-state index in [1.807, 2.05) is 4.90 Å². The van der Waals surface area contributed by atoms with Gasteiger partial charge in [0.2, 0.25) is 5.91 Å². The lowest BCUT2D eigenvalue weighted by Gasteiger charge is -2.31. The molecular formula is C9H19ClN2O. The second kappa shape index (κ2) is 5.45. The van der Waals surface area contributed by atoms with E-state index in [-0.39, 0.29) is 24.4 Å². The molecule has 1 rings (SSSR count). The molecule has 2 atom stereocenters. The fourth-order valence-electron chi connectivity index (χ4n) is 1.68. The number of hydrogen-bond acceptors (Lipinski definition) is 2. The number of piperidine rings is 1. The molecule has 1 saturated heterocycles. The van der Waals surface area contributed by atoms with Gasteiger partial charge in [0.25, 0.3) is 0 Å². The highest BCUT2D eigenvalue weighted by molar-refractivity contribution is 5.85. The molecule has 2 unspecified atom stereocenters. The Balaban J connectivity index is 0.00000144. The van der Waals surface area contributed by atoms with Crippen molar-refractivity contribution in [2.24, 2.45) is 11.7 Å². The van der Waals surface area contributed by atoms with E-state index in [0.29, 0.717) is 5.92 Å². The Morgan fingerprint density at radius 1 is 1.62 bits per heavy atom. The highest BCUT2D eigenvalue weighted by Crippen LogP contribution is 2.15. The first-order chi connectivity index (χ1) is 5.61. The van der Waals surface area contributed by atoms with Crippen LogP contribution >= 0.6 is 12.4 Å². The van der Waals surface area contributed by atoms with Crippen LogP contribution in [0, 0.1) is 5.92 Å². The average molecular weight is 207 g/mol. The smallest absolute Gasteiger partial charge is 0.239 e. The van der Waals surface area contributed by atoms with Crippen LogP contribution in [0.1, 0.15) is 26.7 Å². The summed E-state index contributed by atoms with van der Waals surface area (Å²) in [6.45, 7) is 5.72. The standard InChI is InChI=1S/C9H18N2O.ClH/c1-7-4-3-5-11(6-7)9(12)8(2)10;/h7-8H,3-6,10H2,1-2H3;1H. The summed E-state index contributed by atoms with van der Waals surface area (Å²) in [5.41, 5.74) is 5.52. The molecule has 0 aliphatic carbocycles. The molecule has 0 saturated carbocycles.